The summed E-state index contributed by atoms with van der Waals surface area (Å²) in [6.45, 7) is 9.40. The lowest BCUT2D eigenvalue weighted by Crippen LogP contribution is -2.58. The number of carbonyl (C=O) groups excluding carboxylic acids is 1. The van der Waals surface area contributed by atoms with Crippen molar-refractivity contribution in [3.05, 3.63) is 29.8 Å². The average molecular weight is 293 g/mol. The number of benzene rings is 1. The molecule has 0 radical (unpaired) electrons. The first kappa shape index (κ1) is 15.4. The summed E-state index contributed by atoms with van der Waals surface area (Å²) < 4.78 is 6.00. The van der Waals surface area contributed by atoms with Crippen molar-refractivity contribution in [2.45, 2.75) is 50.2 Å². The molecule has 20 heavy (non-hydrogen) atoms. The second kappa shape index (κ2) is 5.41. The normalized spacial score (nSPS) is 20.8. The first-order chi connectivity index (χ1) is 9.17. The minimum absolute atomic E-state index is 0.154. The van der Waals surface area contributed by atoms with Gasteiger partial charge in [0.05, 0.1) is 17.6 Å². The third kappa shape index (κ3) is 4.00. The number of ether oxygens (including phenoxy) is 1. The highest BCUT2D eigenvalue weighted by atomic mass is 32.1. The molecule has 0 atom stereocenters. The van der Waals surface area contributed by atoms with Crippen molar-refractivity contribution in [3.63, 3.8) is 0 Å². The summed E-state index contributed by atoms with van der Waals surface area (Å²) in [4.78, 5) is 15.3. The molecule has 1 amide bonds. The summed E-state index contributed by atoms with van der Waals surface area (Å²) in [6, 6.07) is 7.74. The monoisotopic (exact) mass is 293 g/mol. The number of thiol groups is 1. The van der Waals surface area contributed by atoms with Gasteiger partial charge in [0.25, 0.3) is 0 Å². The molecule has 4 heteroatoms. The quantitative estimate of drug-likeness (QED) is 0.850. The van der Waals surface area contributed by atoms with E-state index in [1.807, 2.05) is 56.9 Å². The van der Waals surface area contributed by atoms with Gasteiger partial charge in [0.1, 0.15) is 0 Å². The third-order valence-electron chi connectivity index (χ3n) is 3.34. The Labute approximate surface area is 126 Å². The van der Waals surface area contributed by atoms with Crippen LogP contribution in [0.1, 0.15) is 33.3 Å². The summed E-state index contributed by atoms with van der Waals surface area (Å²) >= 11 is 4.26. The average Bonchev–Trinajstić information content (AvgIpc) is 2.28. The van der Waals surface area contributed by atoms with E-state index < -0.39 is 0 Å². The van der Waals surface area contributed by atoms with Gasteiger partial charge in [-0.25, -0.2) is 0 Å². The minimum atomic E-state index is -0.299. The molecule has 2 rings (SSSR count). The van der Waals surface area contributed by atoms with Crippen LogP contribution in [-0.4, -0.2) is 35.1 Å². The Morgan fingerprint density at radius 2 is 1.65 bits per heavy atom. The topological polar surface area (TPSA) is 29.5 Å². The van der Waals surface area contributed by atoms with Crippen LogP contribution in [0.4, 0.5) is 0 Å². The van der Waals surface area contributed by atoms with Gasteiger partial charge < -0.3 is 9.64 Å². The van der Waals surface area contributed by atoms with Crippen LogP contribution in [0, 0.1) is 0 Å². The molecule has 1 saturated heterocycles. The van der Waals surface area contributed by atoms with E-state index >= 15 is 0 Å². The van der Waals surface area contributed by atoms with Gasteiger partial charge in [-0.05, 0) is 45.4 Å². The lowest BCUT2D eigenvalue weighted by molar-refractivity contribution is -0.187. The fourth-order valence-electron chi connectivity index (χ4n) is 2.86. The van der Waals surface area contributed by atoms with Crippen molar-refractivity contribution in [2.24, 2.45) is 0 Å². The fourth-order valence-corrected chi connectivity index (χ4v) is 3.01. The molecule has 0 aliphatic carbocycles. The summed E-state index contributed by atoms with van der Waals surface area (Å²) in [5, 5.41) is 0. The van der Waals surface area contributed by atoms with Gasteiger partial charge in [-0.3, -0.25) is 4.79 Å². The Balaban J connectivity index is 2.07. The predicted octanol–water partition coefficient (Wildman–Crippen LogP) is 2.93. The largest absolute Gasteiger partial charge is 0.366 e. The first-order valence-corrected chi connectivity index (χ1v) is 7.37. The standard InChI is InChI=1S/C16H23NO2S/c1-15(2)10-17(11-16(3,4)19-15)14(18)9-12-5-7-13(20)8-6-12/h5-8,20H,9-11H2,1-4H3. The molecule has 1 aromatic carbocycles. The van der Waals surface area contributed by atoms with Gasteiger partial charge in [-0.15, -0.1) is 12.6 Å². The maximum absolute atomic E-state index is 12.5. The predicted molar refractivity (Wildman–Crippen MR) is 83.2 cm³/mol. The minimum Gasteiger partial charge on any atom is -0.366 e. The molecule has 1 aromatic rings. The molecular weight excluding hydrogens is 270 g/mol. The number of hydrogen-bond acceptors (Lipinski definition) is 3. The SMILES string of the molecule is CC1(C)CN(C(=O)Cc2ccc(S)cc2)CC(C)(C)O1. The lowest BCUT2D eigenvalue weighted by atomic mass is 9.98. The highest BCUT2D eigenvalue weighted by molar-refractivity contribution is 7.80. The molecule has 3 nitrogen and oxygen atoms in total. The van der Waals surface area contributed by atoms with Crippen molar-refractivity contribution < 1.29 is 9.53 Å². The van der Waals surface area contributed by atoms with E-state index in [9.17, 15) is 4.79 Å². The van der Waals surface area contributed by atoms with Gasteiger partial charge in [0.15, 0.2) is 0 Å². The number of morpholine rings is 1. The second-order valence-corrected chi connectivity index (χ2v) is 7.23. The summed E-state index contributed by atoms with van der Waals surface area (Å²) in [5.41, 5.74) is 0.425. The zero-order chi connectivity index (χ0) is 15.0. The molecule has 0 saturated carbocycles. The zero-order valence-corrected chi connectivity index (χ0v) is 13.5. The van der Waals surface area contributed by atoms with E-state index in [1.54, 1.807) is 0 Å². The highest BCUT2D eigenvalue weighted by Crippen LogP contribution is 2.28. The second-order valence-electron chi connectivity index (χ2n) is 6.71. The maximum atomic E-state index is 12.5. The number of carbonyl (C=O) groups is 1. The van der Waals surface area contributed by atoms with Crippen molar-refractivity contribution >= 4 is 18.5 Å². The molecule has 1 heterocycles. The maximum Gasteiger partial charge on any atom is 0.227 e. The van der Waals surface area contributed by atoms with Crippen molar-refractivity contribution in [2.75, 3.05) is 13.1 Å². The fraction of sp³-hybridized carbons (Fsp3) is 0.562. The van der Waals surface area contributed by atoms with Gasteiger partial charge in [0, 0.05) is 18.0 Å². The van der Waals surface area contributed by atoms with Crippen LogP contribution in [0.15, 0.2) is 29.2 Å². The molecular formula is C16H23NO2S. The van der Waals surface area contributed by atoms with E-state index in [0.717, 1.165) is 10.5 Å². The van der Waals surface area contributed by atoms with Crippen LogP contribution in [0.5, 0.6) is 0 Å². The molecule has 0 bridgehead atoms. The molecule has 1 fully saturated rings. The highest BCUT2D eigenvalue weighted by Gasteiger charge is 2.39. The third-order valence-corrected chi connectivity index (χ3v) is 3.64. The van der Waals surface area contributed by atoms with E-state index in [4.69, 9.17) is 4.74 Å². The molecule has 110 valence electrons. The van der Waals surface area contributed by atoms with Crippen molar-refractivity contribution in [1.82, 2.24) is 4.90 Å². The van der Waals surface area contributed by atoms with Crippen LogP contribution >= 0.6 is 12.6 Å². The van der Waals surface area contributed by atoms with Gasteiger partial charge in [0.2, 0.25) is 5.91 Å². The van der Waals surface area contributed by atoms with Crippen molar-refractivity contribution in [1.29, 1.82) is 0 Å². The number of nitrogens with zero attached hydrogens (tertiary/aromatic N) is 1. The van der Waals surface area contributed by atoms with E-state index in [1.165, 1.54) is 0 Å². The molecule has 1 aliphatic rings. The van der Waals surface area contributed by atoms with E-state index in [0.29, 0.717) is 19.5 Å². The van der Waals surface area contributed by atoms with Gasteiger partial charge in [-0.2, -0.15) is 0 Å². The Morgan fingerprint density at radius 3 is 2.15 bits per heavy atom. The van der Waals surface area contributed by atoms with Crippen LogP contribution in [0.3, 0.4) is 0 Å². The molecule has 1 aliphatic heterocycles. The Morgan fingerprint density at radius 1 is 1.15 bits per heavy atom. The van der Waals surface area contributed by atoms with Crippen LogP contribution in [0.25, 0.3) is 0 Å². The van der Waals surface area contributed by atoms with Gasteiger partial charge >= 0.3 is 0 Å². The summed E-state index contributed by atoms with van der Waals surface area (Å²) in [7, 11) is 0. The Hall–Kier alpha value is -1.00. The zero-order valence-electron chi connectivity index (χ0n) is 12.6. The molecule has 0 unspecified atom stereocenters. The number of amides is 1. The number of rotatable bonds is 2. The van der Waals surface area contributed by atoms with E-state index in [-0.39, 0.29) is 17.1 Å². The number of hydrogen-bond donors (Lipinski definition) is 1. The molecule has 0 N–H and O–H groups in total. The van der Waals surface area contributed by atoms with Crippen LogP contribution < -0.4 is 0 Å². The van der Waals surface area contributed by atoms with Crippen LogP contribution in [0.2, 0.25) is 0 Å². The lowest BCUT2D eigenvalue weighted by Gasteiger charge is -2.47. The molecule has 0 spiro atoms. The van der Waals surface area contributed by atoms with Crippen LogP contribution in [-0.2, 0) is 16.0 Å². The Kier molecular flexibility index (Phi) is 4.17. The molecule has 0 aromatic heterocycles. The first-order valence-electron chi connectivity index (χ1n) is 6.93. The van der Waals surface area contributed by atoms with Gasteiger partial charge in [-0.1, -0.05) is 12.1 Å². The summed E-state index contributed by atoms with van der Waals surface area (Å²) in [6.07, 6.45) is 0.431. The summed E-state index contributed by atoms with van der Waals surface area (Å²) in [5.74, 6) is 0.154. The Bertz CT molecular complexity index is 478. The smallest absolute Gasteiger partial charge is 0.227 e. The van der Waals surface area contributed by atoms with Crippen molar-refractivity contribution in [3.8, 4) is 0 Å². The van der Waals surface area contributed by atoms with E-state index in [2.05, 4.69) is 12.6 Å².